The maximum absolute atomic E-state index is 13.2. The average molecular weight is 443 g/mol. The van der Waals surface area contributed by atoms with E-state index in [1.165, 1.54) is 4.90 Å². The van der Waals surface area contributed by atoms with Gasteiger partial charge >= 0.3 is 0 Å². The molecule has 6 heteroatoms. The van der Waals surface area contributed by atoms with E-state index in [4.69, 9.17) is 4.74 Å². The molecule has 1 unspecified atom stereocenters. The lowest BCUT2D eigenvalue weighted by Crippen LogP contribution is -2.32. The summed E-state index contributed by atoms with van der Waals surface area (Å²) in [5.41, 5.74) is 1.56. The molecule has 2 heterocycles. The lowest BCUT2D eigenvalue weighted by Gasteiger charge is -2.28. The number of carbonyl (C=O) groups excluding carboxylic acids is 2. The number of Topliss-reactive ketones (excluding diaryl/α,β-unsaturated/α-hetero) is 1. The molecular weight excluding hydrogens is 416 g/mol. The Labute approximate surface area is 193 Å². The van der Waals surface area contributed by atoms with Gasteiger partial charge in [0.2, 0.25) is 0 Å². The molecule has 0 spiro atoms. The monoisotopic (exact) mass is 442 g/mol. The molecule has 1 aliphatic rings. The molecule has 1 amide bonds. The van der Waals surface area contributed by atoms with Gasteiger partial charge in [-0.05, 0) is 41.5 Å². The second-order valence-electron chi connectivity index (χ2n) is 8.97. The van der Waals surface area contributed by atoms with Crippen LogP contribution in [0.4, 0.5) is 5.69 Å². The molecule has 168 valence electrons. The molecule has 4 rings (SSSR count). The third-order valence-corrected chi connectivity index (χ3v) is 5.50. The number of ketones is 1. The second-order valence-corrected chi connectivity index (χ2v) is 8.97. The maximum Gasteiger partial charge on any atom is 0.294 e. The number of hydrogen-bond acceptors (Lipinski definition) is 5. The minimum absolute atomic E-state index is 0.0879. The number of anilines is 1. The first kappa shape index (κ1) is 22.3. The summed E-state index contributed by atoms with van der Waals surface area (Å²) in [5, 5.41) is 10.7. The third kappa shape index (κ3) is 4.51. The Hall–Kier alpha value is -3.93. The van der Waals surface area contributed by atoms with Gasteiger partial charge in [0.05, 0.1) is 11.6 Å². The largest absolute Gasteiger partial charge is 0.503 e. The van der Waals surface area contributed by atoms with E-state index in [2.05, 4.69) is 4.98 Å². The Morgan fingerprint density at radius 1 is 1.03 bits per heavy atom. The number of rotatable bonds is 6. The number of nitrogens with zero attached hydrogens (tertiary/aromatic N) is 2. The van der Waals surface area contributed by atoms with Gasteiger partial charge in [-0.15, -0.1) is 0 Å². The van der Waals surface area contributed by atoms with Crippen LogP contribution in [0.15, 0.2) is 90.5 Å². The van der Waals surface area contributed by atoms with Gasteiger partial charge < -0.3 is 9.84 Å². The highest BCUT2D eigenvalue weighted by molar-refractivity contribution is 6.17. The van der Waals surface area contributed by atoms with Gasteiger partial charge in [0.25, 0.3) is 5.91 Å². The number of ether oxygens (including phenoxy) is 1. The summed E-state index contributed by atoms with van der Waals surface area (Å²) >= 11 is 0. The van der Waals surface area contributed by atoms with E-state index < -0.39 is 23.1 Å². The summed E-state index contributed by atoms with van der Waals surface area (Å²) in [4.78, 5) is 32.0. The highest BCUT2D eigenvalue weighted by Gasteiger charge is 2.46. The molecular formula is C27H26N2O4. The van der Waals surface area contributed by atoms with Crippen molar-refractivity contribution in [2.24, 2.45) is 5.41 Å². The molecule has 1 atom stereocenters. The maximum atomic E-state index is 13.2. The van der Waals surface area contributed by atoms with Gasteiger partial charge in [-0.3, -0.25) is 19.5 Å². The normalized spacial score (nSPS) is 16.3. The summed E-state index contributed by atoms with van der Waals surface area (Å²) in [5.74, 6) is -0.773. The van der Waals surface area contributed by atoms with Gasteiger partial charge in [0.15, 0.2) is 11.5 Å². The van der Waals surface area contributed by atoms with E-state index in [0.717, 1.165) is 5.56 Å². The molecule has 1 N–H and O–H groups in total. The number of aliphatic hydroxyl groups is 1. The van der Waals surface area contributed by atoms with Crippen LogP contribution < -0.4 is 9.64 Å². The zero-order valence-electron chi connectivity index (χ0n) is 18.9. The summed E-state index contributed by atoms with van der Waals surface area (Å²) in [6.45, 7) is 5.72. The van der Waals surface area contributed by atoms with E-state index in [9.17, 15) is 14.7 Å². The van der Waals surface area contributed by atoms with E-state index >= 15 is 0 Å². The van der Waals surface area contributed by atoms with Crippen molar-refractivity contribution in [3.05, 3.63) is 102 Å². The molecule has 6 nitrogen and oxygen atoms in total. The van der Waals surface area contributed by atoms with Crippen molar-refractivity contribution in [1.82, 2.24) is 4.98 Å². The number of aromatic nitrogens is 1. The Morgan fingerprint density at radius 3 is 2.33 bits per heavy atom. The van der Waals surface area contributed by atoms with Gasteiger partial charge in [0, 0.05) is 23.5 Å². The van der Waals surface area contributed by atoms with Crippen molar-refractivity contribution in [2.75, 3.05) is 4.90 Å². The van der Waals surface area contributed by atoms with E-state index in [1.54, 1.807) is 69.6 Å². The first-order valence-corrected chi connectivity index (χ1v) is 10.8. The Balaban J connectivity index is 1.66. The standard InChI is InChI=1S/C27H26N2O4/c1-27(2,3)25(31)22-23(19-10-7-15-28-16-19)29(26(32)24(22)30)20-11-13-21(14-12-20)33-17-18-8-5-4-6-9-18/h4-16,23,30H,17H2,1-3H3. The van der Waals surface area contributed by atoms with Crippen molar-refractivity contribution in [3.8, 4) is 5.75 Å². The SMILES string of the molecule is CC(C)(C)C(=O)C1=C(O)C(=O)N(c2ccc(OCc3ccccc3)cc2)C1c1cccnc1. The molecule has 0 aliphatic carbocycles. The number of benzene rings is 2. The number of aliphatic hydroxyl groups excluding tert-OH is 1. The lowest BCUT2D eigenvalue weighted by molar-refractivity contribution is -0.123. The van der Waals surface area contributed by atoms with Gasteiger partial charge in [-0.25, -0.2) is 0 Å². The third-order valence-electron chi connectivity index (χ3n) is 5.50. The minimum Gasteiger partial charge on any atom is -0.503 e. The Kier molecular flexibility index (Phi) is 6.01. The lowest BCUT2D eigenvalue weighted by atomic mass is 9.82. The van der Waals surface area contributed by atoms with Crippen molar-refractivity contribution >= 4 is 17.4 Å². The Morgan fingerprint density at radius 2 is 1.73 bits per heavy atom. The molecule has 3 aromatic rings. The summed E-state index contributed by atoms with van der Waals surface area (Å²) in [6, 6.07) is 19.6. The van der Waals surface area contributed by atoms with Crippen LogP contribution in [0.25, 0.3) is 0 Å². The fraction of sp³-hybridized carbons (Fsp3) is 0.222. The molecule has 1 aliphatic heterocycles. The molecule has 0 fully saturated rings. The number of pyridine rings is 1. The summed E-state index contributed by atoms with van der Waals surface area (Å²) in [6.07, 6.45) is 3.23. The van der Waals surface area contributed by atoms with Gasteiger partial charge in [0.1, 0.15) is 12.4 Å². The van der Waals surface area contributed by atoms with Crippen LogP contribution >= 0.6 is 0 Å². The topological polar surface area (TPSA) is 79.7 Å². The molecule has 0 saturated carbocycles. The number of hydrogen-bond donors (Lipinski definition) is 1. The number of amides is 1. The average Bonchev–Trinajstić information content (AvgIpc) is 3.08. The Bertz CT molecular complexity index is 1180. The van der Waals surface area contributed by atoms with Crippen molar-refractivity contribution < 1.29 is 19.4 Å². The smallest absolute Gasteiger partial charge is 0.294 e. The zero-order chi connectivity index (χ0) is 23.6. The van der Waals surface area contributed by atoms with Crippen molar-refractivity contribution in [2.45, 2.75) is 33.4 Å². The van der Waals surface area contributed by atoms with Crippen molar-refractivity contribution in [3.63, 3.8) is 0 Å². The fourth-order valence-corrected chi connectivity index (χ4v) is 3.80. The van der Waals surface area contributed by atoms with Crippen LogP contribution in [0.2, 0.25) is 0 Å². The van der Waals surface area contributed by atoms with Crippen LogP contribution in [0, 0.1) is 5.41 Å². The number of carbonyl (C=O) groups is 2. The van der Waals surface area contributed by atoms with Crippen molar-refractivity contribution in [1.29, 1.82) is 0 Å². The van der Waals surface area contributed by atoms with Crippen LogP contribution in [-0.4, -0.2) is 21.8 Å². The molecule has 33 heavy (non-hydrogen) atoms. The summed E-state index contributed by atoms with van der Waals surface area (Å²) in [7, 11) is 0. The van der Waals surface area contributed by atoms with Gasteiger partial charge in [-0.2, -0.15) is 0 Å². The quantitative estimate of drug-likeness (QED) is 0.569. The second kappa shape index (κ2) is 8.90. The highest BCUT2D eigenvalue weighted by Crippen LogP contribution is 2.43. The minimum atomic E-state index is -0.769. The van der Waals surface area contributed by atoms with Crippen LogP contribution in [-0.2, 0) is 16.2 Å². The van der Waals surface area contributed by atoms with Crippen LogP contribution in [0.5, 0.6) is 5.75 Å². The first-order valence-electron chi connectivity index (χ1n) is 10.8. The van der Waals surface area contributed by atoms with Crippen LogP contribution in [0.1, 0.15) is 37.9 Å². The highest BCUT2D eigenvalue weighted by atomic mass is 16.5. The molecule has 1 aromatic heterocycles. The van der Waals surface area contributed by atoms with Gasteiger partial charge in [-0.1, -0.05) is 57.2 Å². The molecule has 0 bridgehead atoms. The first-order chi connectivity index (χ1) is 15.8. The predicted molar refractivity (Wildman–Crippen MR) is 126 cm³/mol. The molecule has 0 saturated heterocycles. The fourth-order valence-electron chi connectivity index (χ4n) is 3.80. The molecule has 2 aromatic carbocycles. The molecule has 0 radical (unpaired) electrons. The van der Waals surface area contributed by atoms with E-state index in [-0.39, 0.29) is 11.4 Å². The predicted octanol–water partition coefficient (Wildman–Crippen LogP) is 5.18. The van der Waals surface area contributed by atoms with Crippen LogP contribution in [0.3, 0.4) is 0 Å². The zero-order valence-corrected chi connectivity index (χ0v) is 18.9. The van der Waals surface area contributed by atoms with E-state index in [0.29, 0.717) is 23.6 Å². The summed E-state index contributed by atoms with van der Waals surface area (Å²) < 4.78 is 5.85. The van der Waals surface area contributed by atoms with E-state index in [1.807, 2.05) is 30.3 Å².